The molecular weight excluding hydrogens is 290 g/mol. The highest BCUT2D eigenvalue weighted by molar-refractivity contribution is 5.87. The number of carboxylic acid groups (broad SMARTS) is 1. The van der Waals surface area contributed by atoms with Crippen LogP contribution in [-0.4, -0.2) is 30.3 Å². The van der Waals surface area contributed by atoms with Gasteiger partial charge in [-0.1, -0.05) is 6.92 Å². The summed E-state index contributed by atoms with van der Waals surface area (Å²) >= 11 is 0. The average molecular weight is 305 g/mol. The lowest BCUT2D eigenvalue weighted by Gasteiger charge is -2.27. The quantitative estimate of drug-likeness (QED) is 0.643. The van der Waals surface area contributed by atoms with E-state index in [0.29, 0.717) is 6.42 Å². The molecule has 21 heavy (non-hydrogen) atoms. The monoisotopic (exact) mass is 305 g/mol. The summed E-state index contributed by atoms with van der Waals surface area (Å²) in [5.74, 6) is -1.91. The number of hydrogen-bond donors (Lipinski definition) is 1. The second-order valence-corrected chi connectivity index (χ2v) is 4.41. The van der Waals surface area contributed by atoms with Gasteiger partial charge < -0.3 is 10.0 Å². The van der Waals surface area contributed by atoms with Crippen molar-refractivity contribution >= 4 is 17.7 Å². The molecule has 0 fully saturated rings. The Balaban J connectivity index is 3.20. The third kappa shape index (κ3) is 5.85. The minimum absolute atomic E-state index is 0.0927. The summed E-state index contributed by atoms with van der Waals surface area (Å²) in [4.78, 5) is 11.6. The Bertz CT molecular complexity index is 526. The van der Waals surface area contributed by atoms with Gasteiger partial charge in [0.2, 0.25) is 0 Å². The number of aliphatic carboxylic acids is 1. The van der Waals surface area contributed by atoms with Crippen LogP contribution in [0.2, 0.25) is 0 Å². The molecular formula is C14H15F4NO2. The Morgan fingerprint density at radius 1 is 1.38 bits per heavy atom. The van der Waals surface area contributed by atoms with Crippen LogP contribution >= 0.6 is 0 Å². The zero-order valence-electron chi connectivity index (χ0n) is 11.3. The summed E-state index contributed by atoms with van der Waals surface area (Å²) in [5.41, 5.74) is 0.239. The standard InChI is InChI=1S/C14H15F4NO2/c1-2-7-19(9-14(16,17)18)12-5-4-11(15)8-10(12)3-6-13(20)21/h3-6,8H,2,7,9H2,1H3,(H,20,21). The van der Waals surface area contributed by atoms with E-state index in [0.717, 1.165) is 29.2 Å². The van der Waals surface area contributed by atoms with Gasteiger partial charge in [-0.25, -0.2) is 9.18 Å². The molecule has 116 valence electrons. The van der Waals surface area contributed by atoms with Crippen LogP contribution in [0.25, 0.3) is 6.08 Å². The Labute approximate surface area is 119 Å². The van der Waals surface area contributed by atoms with Crippen molar-refractivity contribution in [2.45, 2.75) is 19.5 Å². The lowest BCUT2D eigenvalue weighted by atomic mass is 10.1. The molecule has 7 heteroatoms. The second-order valence-electron chi connectivity index (χ2n) is 4.41. The summed E-state index contributed by atoms with van der Waals surface area (Å²) in [5, 5.41) is 8.59. The molecule has 0 atom stereocenters. The summed E-state index contributed by atoms with van der Waals surface area (Å²) in [7, 11) is 0. The molecule has 0 aromatic heterocycles. The van der Waals surface area contributed by atoms with Crippen molar-refractivity contribution in [3.63, 3.8) is 0 Å². The molecule has 0 unspecified atom stereocenters. The molecule has 1 aromatic carbocycles. The summed E-state index contributed by atoms with van der Waals surface area (Å²) in [6.07, 6.45) is -2.09. The maximum atomic E-state index is 13.2. The van der Waals surface area contributed by atoms with Crippen LogP contribution in [-0.2, 0) is 4.79 Å². The predicted molar refractivity (Wildman–Crippen MR) is 71.6 cm³/mol. The number of benzene rings is 1. The van der Waals surface area contributed by atoms with Crippen LogP contribution in [0.15, 0.2) is 24.3 Å². The van der Waals surface area contributed by atoms with E-state index in [9.17, 15) is 22.4 Å². The van der Waals surface area contributed by atoms with Crippen molar-refractivity contribution in [2.24, 2.45) is 0 Å². The van der Waals surface area contributed by atoms with Gasteiger partial charge in [-0.15, -0.1) is 0 Å². The van der Waals surface area contributed by atoms with E-state index in [4.69, 9.17) is 5.11 Å². The number of carboxylic acids is 1. The van der Waals surface area contributed by atoms with E-state index in [1.165, 1.54) is 6.07 Å². The minimum atomic E-state index is -4.41. The van der Waals surface area contributed by atoms with Crippen LogP contribution < -0.4 is 4.90 Å². The van der Waals surface area contributed by atoms with Crippen molar-refractivity contribution in [1.82, 2.24) is 0 Å². The van der Waals surface area contributed by atoms with Gasteiger partial charge in [-0.3, -0.25) is 0 Å². The summed E-state index contributed by atoms with van der Waals surface area (Å²) < 4.78 is 51.1. The number of halogens is 4. The van der Waals surface area contributed by atoms with Crippen molar-refractivity contribution in [2.75, 3.05) is 18.0 Å². The Morgan fingerprint density at radius 2 is 2.05 bits per heavy atom. The number of nitrogens with zero attached hydrogens (tertiary/aromatic N) is 1. The van der Waals surface area contributed by atoms with Crippen LogP contribution in [0.3, 0.4) is 0 Å². The number of hydrogen-bond acceptors (Lipinski definition) is 2. The first kappa shape index (κ1) is 17.0. The molecule has 1 aromatic rings. The largest absolute Gasteiger partial charge is 0.478 e. The number of rotatable bonds is 6. The van der Waals surface area contributed by atoms with Gasteiger partial charge >= 0.3 is 12.1 Å². The maximum absolute atomic E-state index is 13.2. The lowest BCUT2D eigenvalue weighted by Crippen LogP contribution is -2.35. The van der Waals surface area contributed by atoms with Crippen molar-refractivity contribution in [1.29, 1.82) is 0 Å². The fraction of sp³-hybridized carbons (Fsp3) is 0.357. The Kier molecular flexibility index (Phi) is 5.75. The zero-order chi connectivity index (χ0) is 16.0. The fourth-order valence-corrected chi connectivity index (χ4v) is 1.88. The van der Waals surface area contributed by atoms with Gasteiger partial charge in [0.25, 0.3) is 0 Å². The third-order valence-electron chi connectivity index (χ3n) is 2.60. The Morgan fingerprint density at radius 3 is 2.57 bits per heavy atom. The topological polar surface area (TPSA) is 40.5 Å². The molecule has 1 rings (SSSR count). The second kappa shape index (κ2) is 7.10. The van der Waals surface area contributed by atoms with Crippen LogP contribution in [0.1, 0.15) is 18.9 Å². The first-order valence-corrected chi connectivity index (χ1v) is 6.25. The third-order valence-corrected chi connectivity index (χ3v) is 2.60. The van der Waals surface area contributed by atoms with Gasteiger partial charge in [-0.2, -0.15) is 13.2 Å². The molecule has 0 amide bonds. The van der Waals surface area contributed by atoms with E-state index < -0.39 is 24.5 Å². The molecule has 0 aliphatic rings. The lowest BCUT2D eigenvalue weighted by molar-refractivity contribution is -0.131. The molecule has 0 saturated heterocycles. The highest BCUT2D eigenvalue weighted by atomic mass is 19.4. The van der Waals surface area contributed by atoms with Crippen LogP contribution in [0.4, 0.5) is 23.2 Å². The van der Waals surface area contributed by atoms with Gasteiger partial charge in [0.05, 0.1) is 0 Å². The van der Waals surface area contributed by atoms with Gasteiger partial charge in [0.1, 0.15) is 12.4 Å². The molecule has 0 radical (unpaired) electrons. The highest BCUT2D eigenvalue weighted by Gasteiger charge is 2.31. The van der Waals surface area contributed by atoms with Gasteiger partial charge in [0.15, 0.2) is 0 Å². The smallest absolute Gasteiger partial charge is 0.405 e. The minimum Gasteiger partial charge on any atom is -0.478 e. The zero-order valence-corrected chi connectivity index (χ0v) is 11.3. The number of carbonyl (C=O) groups is 1. The van der Waals surface area contributed by atoms with E-state index in [1.54, 1.807) is 6.92 Å². The SMILES string of the molecule is CCCN(CC(F)(F)F)c1ccc(F)cc1C=CC(=O)O. The molecule has 0 heterocycles. The fourth-order valence-electron chi connectivity index (χ4n) is 1.88. The molecule has 0 aliphatic carbocycles. The summed E-state index contributed by atoms with van der Waals surface area (Å²) in [6.45, 7) is 0.666. The van der Waals surface area contributed by atoms with Gasteiger partial charge in [-0.05, 0) is 30.7 Å². The van der Waals surface area contributed by atoms with Crippen molar-refractivity contribution < 1.29 is 27.5 Å². The summed E-state index contributed by atoms with van der Waals surface area (Å²) in [6, 6.07) is 3.28. The molecule has 3 nitrogen and oxygen atoms in total. The first-order valence-electron chi connectivity index (χ1n) is 6.25. The van der Waals surface area contributed by atoms with Crippen LogP contribution in [0, 0.1) is 5.82 Å². The van der Waals surface area contributed by atoms with E-state index >= 15 is 0 Å². The van der Waals surface area contributed by atoms with E-state index in [2.05, 4.69) is 0 Å². The number of alkyl halides is 3. The maximum Gasteiger partial charge on any atom is 0.405 e. The predicted octanol–water partition coefficient (Wildman–Crippen LogP) is 3.70. The molecule has 0 aliphatic heterocycles. The first-order chi connectivity index (χ1) is 9.73. The normalized spacial score (nSPS) is 11.9. The number of anilines is 1. The molecule has 0 saturated carbocycles. The van der Waals surface area contributed by atoms with E-state index in [-0.39, 0.29) is 17.8 Å². The average Bonchev–Trinajstić information content (AvgIpc) is 2.34. The molecule has 0 spiro atoms. The van der Waals surface area contributed by atoms with Gasteiger partial charge in [0, 0.05) is 23.9 Å². The Hall–Kier alpha value is -2.05. The van der Waals surface area contributed by atoms with E-state index in [1.807, 2.05) is 0 Å². The van der Waals surface area contributed by atoms with Crippen molar-refractivity contribution in [3.05, 3.63) is 35.7 Å². The highest BCUT2D eigenvalue weighted by Crippen LogP contribution is 2.27. The van der Waals surface area contributed by atoms with Crippen LogP contribution in [0.5, 0.6) is 0 Å². The molecule has 0 bridgehead atoms. The van der Waals surface area contributed by atoms with Crippen molar-refractivity contribution in [3.8, 4) is 0 Å². The molecule has 1 N–H and O–H groups in total.